The number of hydrogen-bond donors (Lipinski definition) is 1. The Balaban J connectivity index is 2.71. The van der Waals surface area contributed by atoms with Crippen LogP contribution in [0.5, 0.6) is 0 Å². The van der Waals surface area contributed by atoms with Crippen molar-refractivity contribution in [2.45, 2.75) is 58.9 Å². The molecule has 2 nitrogen and oxygen atoms in total. The molecule has 3 heteroatoms. The molecule has 1 rings (SSSR count). The minimum absolute atomic E-state index is 0.317. The molecule has 1 heterocycles. The maximum absolute atomic E-state index is 6.57. The Labute approximate surface area is 102 Å². The second-order valence-corrected chi connectivity index (χ2v) is 11.7. The van der Waals surface area contributed by atoms with E-state index >= 15 is 0 Å². The molecule has 1 aliphatic heterocycles. The van der Waals surface area contributed by atoms with E-state index in [2.05, 4.69) is 53.0 Å². The van der Waals surface area contributed by atoms with Gasteiger partial charge in [-0.2, -0.15) is 0 Å². The van der Waals surface area contributed by atoms with Crippen molar-refractivity contribution >= 4 is 8.32 Å². The SMILES string of the molecule is C[C@@H]1CNC[C@H](C)C1O[Si](C)(C)C(C)(C)C. The Hall–Kier alpha value is 0.137. The van der Waals surface area contributed by atoms with Gasteiger partial charge < -0.3 is 9.74 Å². The highest BCUT2D eigenvalue weighted by Gasteiger charge is 2.42. The molecule has 0 aromatic rings. The zero-order chi connectivity index (χ0) is 12.6. The largest absolute Gasteiger partial charge is 0.413 e. The quantitative estimate of drug-likeness (QED) is 0.752. The van der Waals surface area contributed by atoms with Crippen molar-refractivity contribution in [3.05, 3.63) is 0 Å². The zero-order valence-corrected chi connectivity index (χ0v) is 13.1. The molecular weight excluding hydrogens is 214 g/mol. The summed E-state index contributed by atoms with van der Waals surface area (Å²) in [6.07, 6.45) is 0.446. The highest BCUT2D eigenvalue weighted by Crippen LogP contribution is 2.39. The molecule has 1 unspecified atom stereocenters. The average molecular weight is 243 g/mol. The van der Waals surface area contributed by atoms with E-state index in [4.69, 9.17) is 4.43 Å². The number of rotatable bonds is 2. The topological polar surface area (TPSA) is 21.3 Å². The summed E-state index contributed by atoms with van der Waals surface area (Å²) < 4.78 is 6.57. The smallest absolute Gasteiger partial charge is 0.192 e. The first kappa shape index (κ1) is 14.2. The molecule has 0 bridgehead atoms. The molecule has 0 aromatic heterocycles. The maximum atomic E-state index is 6.57. The molecule has 96 valence electrons. The third kappa shape index (κ3) is 3.08. The second-order valence-electron chi connectivity index (χ2n) is 6.96. The van der Waals surface area contributed by atoms with Crippen LogP contribution in [-0.2, 0) is 4.43 Å². The number of nitrogens with one attached hydrogen (secondary N) is 1. The van der Waals surface area contributed by atoms with Crippen molar-refractivity contribution in [3.63, 3.8) is 0 Å². The molecule has 1 aliphatic rings. The molecule has 1 N–H and O–H groups in total. The molecule has 1 fully saturated rings. The predicted octanol–water partition coefficient (Wildman–Crippen LogP) is 3.25. The molecule has 3 atom stereocenters. The van der Waals surface area contributed by atoms with Gasteiger partial charge in [0.1, 0.15) is 0 Å². The van der Waals surface area contributed by atoms with Crippen LogP contribution in [0.25, 0.3) is 0 Å². The van der Waals surface area contributed by atoms with E-state index < -0.39 is 8.32 Å². The second kappa shape index (κ2) is 4.79. The highest BCUT2D eigenvalue weighted by molar-refractivity contribution is 6.74. The van der Waals surface area contributed by atoms with Gasteiger partial charge in [0.25, 0.3) is 0 Å². The molecule has 0 radical (unpaired) electrons. The normalized spacial score (nSPS) is 32.8. The Morgan fingerprint density at radius 2 is 1.50 bits per heavy atom. The summed E-state index contributed by atoms with van der Waals surface area (Å²) in [4.78, 5) is 0. The minimum atomic E-state index is -1.60. The standard InChI is InChI=1S/C13H29NOSi/c1-10-8-14-9-11(2)12(10)15-16(6,7)13(3,4)5/h10-12,14H,8-9H2,1-7H3/t10-,11+,12?. The Morgan fingerprint density at radius 1 is 1.06 bits per heavy atom. The van der Waals surface area contributed by atoms with Crippen LogP contribution in [0.4, 0.5) is 0 Å². The van der Waals surface area contributed by atoms with Gasteiger partial charge in [-0.05, 0) is 30.0 Å². The minimum Gasteiger partial charge on any atom is -0.413 e. The average Bonchev–Trinajstić information content (AvgIpc) is 2.10. The first-order valence-corrected chi connectivity index (χ1v) is 9.44. The molecular formula is C13H29NOSi. The number of piperidine rings is 1. The number of hydrogen-bond acceptors (Lipinski definition) is 2. The van der Waals surface area contributed by atoms with Gasteiger partial charge in [0, 0.05) is 13.1 Å². The van der Waals surface area contributed by atoms with Crippen molar-refractivity contribution in [2.75, 3.05) is 13.1 Å². The van der Waals surface area contributed by atoms with Crippen LogP contribution in [0.15, 0.2) is 0 Å². The summed E-state index contributed by atoms with van der Waals surface area (Å²) >= 11 is 0. The summed E-state index contributed by atoms with van der Waals surface area (Å²) in [6.45, 7) is 18.5. The molecule has 0 spiro atoms. The van der Waals surface area contributed by atoms with Crippen LogP contribution in [0.2, 0.25) is 18.1 Å². The van der Waals surface area contributed by atoms with Gasteiger partial charge in [0.05, 0.1) is 6.10 Å². The van der Waals surface area contributed by atoms with Crippen molar-refractivity contribution < 1.29 is 4.43 Å². The molecule has 0 aromatic carbocycles. The fourth-order valence-electron chi connectivity index (χ4n) is 2.08. The van der Waals surface area contributed by atoms with E-state index in [1.165, 1.54) is 0 Å². The molecule has 1 saturated heterocycles. The first-order valence-electron chi connectivity index (χ1n) is 6.53. The lowest BCUT2D eigenvalue weighted by atomic mass is 9.90. The summed E-state index contributed by atoms with van der Waals surface area (Å²) in [5.41, 5.74) is 0. The summed E-state index contributed by atoms with van der Waals surface area (Å²) in [7, 11) is -1.60. The third-order valence-corrected chi connectivity index (χ3v) is 8.76. The van der Waals surface area contributed by atoms with Crippen LogP contribution in [0, 0.1) is 11.8 Å². The van der Waals surface area contributed by atoms with Crippen LogP contribution in [0.1, 0.15) is 34.6 Å². The fraction of sp³-hybridized carbons (Fsp3) is 1.00. The van der Waals surface area contributed by atoms with Crippen molar-refractivity contribution in [1.82, 2.24) is 5.32 Å². The monoisotopic (exact) mass is 243 g/mol. The lowest BCUT2D eigenvalue weighted by molar-refractivity contribution is 0.0532. The fourth-order valence-corrected chi connectivity index (χ4v) is 3.58. The van der Waals surface area contributed by atoms with E-state index in [9.17, 15) is 0 Å². The Kier molecular flexibility index (Phi) is 4.25. The Morgan fingerprint density at radius 3 is 1.88 bits per heavy atom. The van der Waals surface area contributed by atoms with E-state index in [1.807, 2.05) is 0 Å². The third-order valence-electron chi connectivity index (χ3n) is 4.29. The molecule has 0 saturated carbocycles. The van der Waals surface area contributed by atoms with E-state index in [0.29, 0.717) is 23.0 Å². The van der Waals surface area contributed by atoms with Crippen molar-refractivity contribution in [3.8, 4) is 0 Å². The van der Waals surface area contributed by atoms with E-state index in [-0.39, 0.29) is 0 Å². The van der Waals surface area contributed by atoms with Gasteiger partial charge in [-0.25, -0.2) is 0 Å². The van der Waals surface area contributed by atoms with Gasteiger partial charge in [0.2, 0.25) is 0 Å². The first-order chi connectivity index (χ1) is 7.15. The van der Waals surface area contributed by atoms with Gasteiger partial charge in [-0.3, -0.25) is 0 Å². The van der Waals surface area contributed by atoms with Crippen LogP contribution < -0.4 is 5.32 Å². The zero-order valence-electron chi connectivity index (χ0n) is 12.1. The van der Waals surface area contributed by atoms with Crippen LogP contribution >= 0.6 is 0 Å². The molecule has 0 amide bonds. The molecule has 0 aliphatic carbocycles. The van der Waals surface area contributed by atoms with Gasteiger partial charge >= 0.3 is 0 Å². The van der Waals surface area contributed by atoms with Crippen molar-refractivity contribution in [1.29, 1.82) is 0 Å². The lowest BCUT2D eigenvalue weighted by Gasteiger charge is -2.44. The van der Waals surface area contributed by atoms with E-state index in [1.54, 1.807) is 0 Å². The maximum Gasteiger partial charge on any atom is 0.192 e. The van der Waals surface area contributed by atoms with Crippen molar-refractivity contribution in [2.24, 2.45) is 11.8 Å². The van der Waals surface area contributed by atoms with Gasteiger partial charge in [-0.1, -0.05) is 34.6 Å². The van der Waals surface area contributed by atoms with Gasteiger partial charge in [0.15, 0.2) is 8.32 Å². The highest BCUT2D eigenvalue weighted by atomic mass is 28.4. The Bertz CT molecular complexity index is 225. The van der Waals surface area contributed by atoms with Crippen LogP contribution in [0.3, 0.4) is 0 Å². The molecule has 16 heavy (non-hydrogen) atoms. The summed E-state index contributed by atoms with van der Waals surface area (Å²) in [6, 6.07) is 0. The van der Waals surface area contributed by atoms with Gasteiger partial charge in [-0.15, -0.1) is 0 Å². The summed E-state index contributed by atoms with van der Waals surface area (Å²) in [5, 5.41) is 3.79. The lowest BCUT2D eigenvalue weighted by Crippen LogP contribution is -2.53. The predicted molar refractivity (Wildman–Crippen MR) is 73.3 cm³/mol. The summed E-state index contributed by atoms with van der Waals surface area (Å²) in [5.74, 6) is 1.27. The van der Waals surface area contributed by atoms with E-state index in [0.717, 1.165) is 13.1 Å². The van der Waals surface area contributed by atoms with Crippen LogP contribution in [-0.4, -0.2) is 27.5 Å².